The SMILES string of the molecule is CC(C)CN1CCN(C(=O)CCC(=O)N2CCOCC2)[C@H](C)C1=O. The van der Waals surface area contributed by atoms with Crippen LogP contribution >= 0.6 is 0 Å². The average molecular weight is 339 g/mol. The lowest BCUT2D eigenvalue weighted by atomic mass is 10.1. The molecule has 7 nitrogen and oxygen atoms in total. The van der Waals surface area contributed by atoms with Gasteiger partial charge in [-0.15, -0.1) is 0 Å². The summed E-state index contributed by atoms with van der Waals surface area (Å²) >= 11 is 0. The molecule has 0 aromatic rings. The van der Waals surface area contributed by atoms with Crippen LogP contribution in [0.15, 0.2) is 0 Å². The first kappa shape index (κ1) is 18.7. The van der Waals surface area contributed by atoms with E-state index in [0.29, 0.717) is 45.3 Å². The maximum Gasteiger partial charge on any atom is 0.245 e. The van der Waals surface area contributed by atoms with Crippen molar-refractivity contribution in [2.24, 2.45) is 5.92 Å². The van der Waals surface area contributed by atoms with Crippen LogP contribution in [-0.2, 0) is 19.1 Å². The van der Waals surface area contributed by atoms with Gasteiger partial charge in [-0.3, -0.25) is 14.4 Å². The zero-order valence-corrected chi connectivity index (χ0v) is 15.0. The van der Waals surface area contributed by atoms with E-state index < -0.39 is 6.04 Å². The molecule has 2 heterocycles. The molecule has 24 heavy (non-hydrogen) atoms. The van der Waals surface area contributed by atoms with Crippen LogP contribution in [0.2, 0.25) is 0 Å². The average Bonchev–Trinajstić information content (AvgIpc) is 2.57. The zero-order valence-electron chi connectivity index (χ0n) is 15.0. The summed E-state index contributed by atoms with van der Waals surface area (Å²) in [6.07, 6.45) is 0.365. The highest BCUT2D eigenvalue weighted by atomic mass is 16.5. The summed E-state index contributed by atoms with van der Waals surface area (Å²) in [6.45, 7) is 10.1. The first-order valence-electron chi connectivity index (χ1n) is 8.84. The predicted octanol–water partition coefficient (Wildman–Crippen LogP) is 0.341. The molecule has 2 fully saturated rings. The monoisotopic (exact) mass is 339 g/mol. The van der Waals surface area contributed by atoms with Crippen LogP contribution in [-0.4, -0.2) is 84.4 Å². The molecule has 2 aliphatic heterocycles. The largest absolute Gasteiger partial charge is 0.378 e. The summed E-state index contributed by atoms with van der Waals surface area (Å²) in [6, 6.07) is -0.441. The van der Waals surface area contributed by atoms with Gasteiger partial charge in [-0.2, -0.15) is 0 Å². The van der Waals surface area contributed by atoms with Crippen LogP contribution in [0.5, 0.6) is 0 Å². The van der Waals surface area contributed by atoms with E-state index in [1.54, 1.807) is 16.7 Å². The molecule has 2 aliphatic rings. The van der Waals surface area contributed by atoms with Crippen molar-refractivity contribution < 1.29 is 19.1 Å². The number of hydrogen-bond acceptors (Lipinski definition) is 4. The van der Waals surface area contributed by atoms with Gasteiger partial charge in [0, 0.05) is 45.6 Å². The van der Waals surface area contributed by atoms with Crippen molar-refractivity contribution in [3.8, 4) is 0 Å². The third-order valence-corrected chi connectivity index (χ3v) is 4.57. The maximum atomic E-state index is 12.4. The quantitative estimate of drug-likeness (QED) is 0.724. The first-order chi connectivity index (χ1) is 11.4. The number of rotatable bonds is 5. The summed E-state index contributed by atoms with van der Waals surface area (Å²) in [7, 11) is 0. The van der Waals surface area contributed by atoms with Crippen LogP contribution in [0.25, 0.3) is 0 Å². The van der Waals surface area contributed by atoms with E-state index in [1.807, 2.05) is 4.90 Å². The topological polar surface area (TPSA) is 70.2 Å². The van der Waals surface area contributed by atoms with Crippen LogP contribution in [0.4, 0.5) is 0 Å². The molecule has 2 rings (SSSR count). The van der Waals surface area contributed by atoms with Gasteiger partial charge in [-0.1, -0.05) is 13.8 Å². The molecule has 0 unspecified atom stereocenters. The molecule has 0 N–H and O–H groups in total. The number of hydrogen-bond donors (Lipinski definition) is 0. The fraction of sp³-hybridized carbons (Fsp3) is 0.824. The van der Waals surface area contributed by atoms with Gasteiger partial charge in [-0.05, 0) is 12.8 Å². The molecular weight excluding hydrogens is 310 g/mol. The van der Waals surface area contributed by atoms with Crippen molar-refractivity contribution in [3.05, 3.63) is 0 Å². The second-order valence-electron chi connectivity index (χ2n) is 6.93. The van der Waals surface area contributed by atoms with Crippen molar-refractivity contribution >= 4 is 17.7 Å². The van der Waals surface area contributed by atoms with Crippen LogP contribution in [0.1, 0.15) is 33.6 Å². The summed E-state index contributed by atoms with van der Waals surface area (Å²) in [5.74, 6) is 0.295. The molecule has 0 aromatic carbocycles. The molecular formula is C17H29N3O4. The van der Waals surface area contributed by atoms with Crippen molar-refractivity contribution in [3.63, 3.8) is 0 Å². The second kappa shape index (κ2) is 8.46. The minimum absolute atomic E-state index is 0.00260. The molecule has 1 atom stereocenters. The number of amides is 3. The van der Waals surface area contributed by atoms with Crippen LogP contribution in [0, 0.1) is 5.92 Å². The number of ether oxygens (including phenoxy) is 1. The molecule has 0 aliphatic carbocycles. The fourth-order valence-electron chi connectivity index (χ4n) is 3.22. The Balaban J connectivity index is 1.82. The minimum Gasteiger partial charge on any atom is -0.378 e. The summed E-state index contributed by atoms with van der Waals surface area (Å²) in [4.78, 5) is 42.2. The van der Waals surface area contributed by atoms with E-state index in [9.17, 15) is 14.4 Å². The normalized spacial score (nSPS) is 22.2. The molecule has 0 bridgehead atoms. The number of piperazine rings is 1. The van der Waals surface area contributed by atoms with E-state index in [2.05, 4.69) is 13.8 Å². The molecule has 0 radical (unpaired) electrons. The number of morpholine rings is 1. The molecule has 3 amide bonds. The highest BCUT2D eigenvalue weighted by molar-refractivity contribution is 5.90. The van der Waals surface area contributed by atoms with Crippen molar-refractivity contribution in [1.29, 1.82) is 0 Å². The first-order valence-corrected chi connectivity index (χ1v) is 8.84. The Morgan fingerprint density at radius 2 is 1.71 bits per heavy atom. The Labute approximate surface area is 143 Å². The highest BCUT2D eigenvalue weighted by Crippen LogP contribution is 2.15. The lowest BCUT2D eigenvalue weighted by molar-refractivity contribution is -0.151. The van der Waals surface area contributed by atoms with Crippen LogP contribution < -0.4 is 0 Å². The lowest BCUT2D eigenvalue weighted by Crippen LogP contribution is -2.58. The third-order valence-electron chi connectivity index (χ3n) is 4.57. The van der Waals surface area contributed by atoms with Gasteiger partial charge in [0.15, 0.2) is 0 Å². The van der Waals surface area contributed by atoms with Gasteiger partial charge >= 0.3 is 0 Å². The van der Waals surface area contributed by atoms with Crippen LogP contribution in [0.3, 0.4) is 0 Å². The Morgan fingerprint density at radius 1 is 1.08 bits per heavy atom. The Morgan fingerprint density at radius 3 is 2.33 bits per heavy atom. The second-order valence-corrected chi connectivity index (χ2v) is 6.93. The Bertz CT molecular complexity index is 474. The molecule has 7 heteroatoms. The summed E-state index contributed by atoms with van der Waals surface area (Å²) in [5.41, 5.74) is 0. The van der Waals surface area contributed by atoms with Gasteiger partial charge < -0.3 is 19.4 Å². The standard InChI is InChI=1S/C17H29N3O4/c1-13(2)12-19-6-7-20(14(3)17(19)23)16(22)5-4-15(21)18-8-10-24-11-9-18/h13-14H,4-12H2,1-3H3/t14-/m1/s1. The van der Waals surface area contributed by atoms with Gasteiger partial charge in [0.1, 0.15) is 6.04 Å². The van der Waals surface area contributed by atoms with Crippen molar-refractivity contribution in [2.45, 2.75) is 39.7 Å². The van der Waals surface area contributed by atoms with Crippen molar-refractivity contribution in [1.82, 2.24) is 14.7 Å². The van der Waals surface area contributed by atoms with E-state index in [4.69, 9.17) is 4.74 Å². The molecule has 0 aromatic heterocycles. The number of nitrogens with zero attached hydrogens (tertiary/aromatic N) is 3. The summed E-state index contributed by atoms with van der Waals surface area (Å²) in [5, 5.41) is 0. The Kier molecular flexibility index (Phi) is 6.60. The van der Waals surface area contributed by atoms with E-state index >= 15 is 0 Å². The third kappa shape index (κ3) is 4.69. The molecule has 0 saturated carbocycles. The minimum atomic E-state index is -0.441. The van der Waals surface area contributed by atoms with E-state index in [-0.39, 0.29) is 30.6 Å². The van der Waals surface area contributed by atoms with Gasteiger partial charge in [-0.25, -0.2) is 0 Å². The van der Waals surface area contributed by atoms with Gasteiger partial charge in [0.2, 0.25) is 17.7 Å². The molecule has 0 spiro atoms. The highest BCUT2D eigenvalue weighted by Gasteiger charge is 2.34. The maximum absolute atomic E-state index is 12.4. The van der Waals surface area contributed by atoms with Gasteiger partial charge in [0.05, 0.1) is 13.2 Å². The molecule has 2 saturated heterocycles. The lowest BCUT2D eigenvalue weighted by Gasteiger charge is -2.40. The smallest absolute Gasteiger partial charge is 0.245 e. The number of carbonyl (C=O) groups excluding carboxylic acids is 3. The Hall–Kier alpha value is -1.63. The zero-order chi connectivity index (χ0) is 17.7. The van der Waals surface area contributed by atoms with Gasteiger partial charge in [0.25, 0.3) is 0 Å². The number of carbonyl (C=O) groups is 3. The molecule has 136 valence electrons. The fourth-order valence-corrected chi connectivity index (χ4v) is 3.22. The van der Waals surface area contributed by atoms with E-state index in [0.717, 1.165) is 6.54 Å². The van der Waals surface area contributed by atoms with E-state index in [1.165, 1.54) is 0 Å². The summed E-state index contributed by atoms with van der Waals surface area (Å²) < 4.78 is 5.22. The predicted molar refractivity (Wildman–Crippen MR) is 89.2 cm³/mol. The van der Waals surface area contributed by atoms with Crippen molar-refractivity contribution in [2.75, 3.05) is 45.9 Å².